The molecule has 0 bridgehead atoms. The molecule has 1 atom stereocenters. The van der Waals surface area contributed by atoms with Gasteiger partial charge in [0.25, 0.3) is 6.01 Å². The highest BCUT2D eigenvalue weighted by Gasteiger charge is 2.10. The summed E-state index contributed by atoms with van der Waals surface area (Å²) in [5.41, 5.74) is 1.72. The second-order valence-corrected chi connectivity index (χ2v) is 6.12. The van der Waals surface area contributed by atoms with Gasteiger partial charge < -0.3 is 9.73 Å². The molecule has 4 heteroatoms. The first-order valence-corrected chi connectivity index (χ1v) is 7.20. The Morgan fingerprint density at radius 2 is 2.11 bits per heavy atom. The minimum Gasteiger partial charge on any atom is -0.424 e. The van der Waals surface area contributed by atoms with Gasteiger partial charge in [0, 0.05) is 22.2 Å². The number of fused-ring (bicyclic) bond motifs is 1. The maximum atomic E-state index is 5.66. The Balaban J connectivity index is 1.70. The zero-order chi connectivity index (χ0) is 13.2. The van der Waals surface area contributed by atoms with Crippen LogP contribution in [0.1, 0.15) is 16.7 Å². The van der Waals surface area contributed by atoms with E-state index in [-0.39, 0.29) is 0 Å². The molecule has 2 heterocycles. The minimum atomic E-state index is 0.297. The fourth-order valence-corrected chi connectivity index (χ4v) is 3.11. The molecule has 0 saturated heterocycles. The monoisotopic (exact) mass is 272 g/mol. The predicted molar refractivity (Wildman–Crippen MR) is 79.9 cm³/mol. The van der Waals surface area contributed by atoms with Gasteiger partial charge in [0.1, 0.15) is 5.52 Å². The van der Waals surface area contributed by atoms with Crippen LogP contribution in [0.2, 0.25) is 0 Å². The van der Waals surface area contributed by atoms with E-state index in [1.807, 2.05) is 35.6 Å². The molecule has 19 heavy (non-hydrogen) atoms. The fraction of sp³-hybridized carbons (Fsp3) is 0.267. The van der Waals surface area contributed by atoms with Gasteiger partial charge in [0.05, 0.1) is 0 Å². The quantitative estimate of drug-likeness (QED) is 0.772. The van der Waals surface area contributed by atoms with E-state index >= 15 is 0 Å². The molecule has 0 aliphatic heterocycles. The highest BCUT2D eigenvalue weighted by molar-refractivity contribution is 7.11. The molecule has 98 valence electrons. The van der Waals surface area contributed by atoms with E-state index in [1.54, 1.807) is 0 Å². The number of hydrogen-bond acceptors (Lipinski definition) is 4. The van der Waals surface area contributed by atoms with Crippen LogP contribution in [0.5, 0.6) is 0 Å². The SMILES string of the molecule is Cc1ccc(CC(C)Nc2nc3ccccc3o2)s1. The van der Waals surface area contributed by atoms with Crippen molar-refractivity contribution in [2.75, 3.05) is 5.32 Å². The van der Waals surface area contributed by atoms with E-state index in [4.69, 9.17) is 4.42 Å². The fourth-order valence-electron chi connectivity index (χ4n) is 2.09. The summed E-state index contributed by atoms with van der Waals surface area (Å²) in [5.74, 6) is 0. The standard InChI is InChI=1S/C15H16N2OS/c1-10(9-12-8-7-11(2)19-12)16-15-17-13-5-3-4-6-14(13)18-15/h3-8,10H,9H2,1-2H3,(H,16,17). The lowest BCUT2D eigenvalue weighted by Crippen LogP contribution is -2.17. The Bertz CT molecular complexity index is 653. The zero-order valence-electron chi connectivity index (χ0n) is 11.0. The van der Waals surface area contributed by atoms with E-state index in [0.717, 1.165) is 17.5 Å². The highest BCUT2D eigenvalue weighted by atomic mass is 32.1. The molecule has 0 fully saturated rings. The topological polar surface area (TPSA) is 38.1 Å². The number of anilines is 1. The second-order valence-electron chi connectivity index (χ2n) is 4.75. The third kappa shape index (κ3) is 2.79. The summed E-state index contributed by atoms with van der Waals surface area (Å²) in [4.78, 5) is 7.16. The predicted octanol–water partition coefficient (Wildman–Crippen LogP) is 4.24. The van der Waals surface area contributed by atoms with Crippen molar-refractivity contribution in [1.82, 2.24) is 4.98 Å². The lowest BCUT2D eigenvalue weighted by atomic mass is 10.2. The van der Waals surface area contributed by atoms with E-state index in [2.05, 4.69) is 36.3 Å². The first-order valence-electron chi connectivity index (χ1n) is 6.38. The zero-order valence-corrected chi connectivity index (χ0v) is 11.8. The Labute approximate surface area is 116 Å². The van der Waals surface area contributed by atoms with Gasteiger partial charge in [-0.05, 0) is 38.1 Å². The molecule has 0 saturated carbocycles. The number of aryl methyl sites for hydroxylation is 1. The van der Waals surface area contributed by atoms with Gasteiger partial charge in [-0.3, -0.25) is 0 Å². The molecule has 3 nitrogen and oxygen atoms in total. The van der Waals surface area contributed by atoms with Crippen LogP contribution in [-0.4, -0.2) is 11.0 Å². The molecule has 2 aromatic heterocycles. The third-order valence-electron chi connectivity index (χ3n) is 2.97. The first kappa shape index (κ1) is 12.2. The molecule has 3 aromatic rings. The van der Waals surface area contributed by atoms with E-state index in [0.29, 0.717) is 12.1 Å². The summed E-state index contributed by atoms with van der Waals surface area (Å²) in [6, 6.07) is 13.0. The molecule has 1 unspecified atom stereocenters. The van der Waals surface area contributed by atoms with Gasteiger partial charge in [-0.2, -0.15) is 4.98 Å². The average molecular weight is 272 g/mol. The number of para-hydroxylation sites is 2. The van der Waals surface area contributed by atoms with Crippen LogP contribution in [0.4, 0.5) is 6.01 Å². The molecule has 0 amide bonds. The van der Waals surface area contributed by atoms with Crippen LogP contribution < -0.4 is 5.32 Å². The van der Waals surface area contributed by atoms with Gasteiger partial charge >= 0.3 is 0 Å². The maximum absolute atomic E-state index is 5.66. The number of nitrogens with one attached hydrogen (secondary N) is 1. The number of oxazole rings is 1. The summed E-state index contributed by atoms with van der Waals surface area (Å²) < 4.78 is 5.66. The summed E-state index contributed by atoms with van der Waals surface area (Å²) in [5, 5.41) is 3.32. The number of rotatable bonds is 4. The smallest absolute Gasteiger partial charge is 0.295 e. The van der Waals surface area contributed by atoms with Crippen LogP contribution in [0.15, 0.2) is 40.8 Å². The van der Waals surface area contributed by atoms with E-state index < -0.39 is 0 Å². The average Bonchev–Trinajstić information content (AvgIpc) is 2.94. The number of benzene rings is 1. The van der Waals surface area contributed by atoms with Gasteiger partial charge in [0.2, 0.25) is 0 Å². The van der Waals surface area contributed by atoms with Gasteiger partial charge in [-0.15, -0.1) is 11.3 Å². The molecular formula is C15H16N2OS. The Kier molecular flexibility index (Phi) is 3.25. The Morgan fingerprint density at radius 3 is 2.84 bits per heavy atom. The molecule has 1 N–H and O–H groups in total. The number of nitrogens with zero attached hydrogens (tertiary/aromatic N) is 1. The van der Waals surface area contributed by atoms with Crippen molar-refractivity contribution in [3.05, 3.63) is 46.2 Å². The maximum Gasteiger partial charge on any atom is 0.295 e. The van der Waals surface area contributed by atoms with Gasteiger partial charge in [0.15, 0.2) is 5.58 Å². The Hall–Kier alpha value is -1.81. The molecule has 0 spiro atoms. The van der Waals surface area contributed by atoms with Gasteiger partial charge in [-0.1, -0.05) is 12.1 Å². The molecule has 0 radical (unpaired) electrons. The van der Waals surface area contributed by atoms with E-state index in [1.165, 1.54) is 9.75 Å². The van der Waals surface area contributed by atoms with Crippen LogP contribution >= 0.6 is 11.3 Å². The van der Waals surface area contributed by atoms with Crippen molar-refractivity contribution < 1.29 is 4.42 Å². The number of aromatic nitrogens is 1. The minimum absolute atomic E-state index is 0.297. The number of hydrogen-bond donors (Lipinski definition) is 1. The van der Waals surface area contributed by atoms with Crippen molar-refractivity contribution >= 4 is 28.5 Å². The number of thiophene rings is 1. The van der Waals surface area contributed by atoms with Gasteiger partial charge in [-0.25, -0.2) is 0 Å². The highest BCUT2D eigenvalue weighted by Crippen LogP contribution is 2.21. The third-order valence-corrected chi connectivity index (χ3v) is 3.99. The molecule has 3 rings (SSSR count). The van der Waals surface area contributed by atoms with Crippen LogP contribution in [0.25, 0.3) is 11.1 Å². The first-order chi connectivity index (χ1) is 9.20. The van der Waals surface area contributed by atoms with Crippen molar-refractivity contribution in [1.29, 1.82) is 0 Å². The lowest BCUT2D eigenvalue weighted by Gasteiger charge is -2.10. The van der Waals surface area contributed by atoms with Crippen LogP contribution in [-0.2, 0) is 6.42 Å². The largest absolute Gasteiger partial charge is 0.424 e. The van der Waals surface area contributed by atoms with Crippen LogP contribution in [0, 0.1) is 6.92 Å². The molecule has 0 aliphatic rings. The van der Waals surface area contributed by atoms with E-state index in [9.17, 15) is 0 Å². The van der Waals surface area contributed by atoms with Crippen molar-refractivity contribution in [2.24, 2.45) is 0 Å². The van der Waals surface area contributed by atoms with Crippen molar-refractivity contribution in [3.8, 4) is 0 Å². The van der Waals surface area contributed by atoms with Crippen molar-refractivity contribution in [3.63, 3.8) is 0 Å². The molecular weight excluding hydrogens is 256 g/mol. The summed E-state index contributed by atoms with van der Waals surface area (Å²) in [6.45, 7) is 4.27. The molecule has 0 aliphatic carbocycles. The van der Waals surface area contributed by atoms with Crippen LogP contribution in [0.3, 0.4) is 0 Å². The summed E-state index contributed by atoms with van der Waals surface area (Å²) in [6.07, 6.45) is 0.983. The van der Waals surface area contributed by atoms with Crippen molar-refractivity contribution in [2.45, 2.75) is 26.3 Å². The summed E-state index contributed by atoms with van der Waals surface area (Å²) in [7, 11) is 0. The summed E-state index contributed by atoms with van der Waals surface area (Å²) >= 11 is 1.84. The lowest BCUT2D eigenvalue weighted by molar-refractivity contribution is 0.599. The second kappa shape index (κ2) is 5.05. The molecule has 1 aromatic carbocycles. The Morgan fingerprint density at radius 1 is 1.26 bits per heavy atom. The normalized spacial score (nSPS) is 12.7.